The van der Waals surface area contributed by atoms with Gasteiger partial charge in [-0.15, -0.1) is 0 Å². The van der Waals surface area contributed by atoms with Crippen molar-refractivity contribution in [2.24, 2.45) is 0 Å². The van der Waals surface area contributed by atoms with Gasteiger partial charge in [-0.3, -0.25) is 4.72 Å². The summed E-state index contributed by atoms with van der Waals surface area (Å²) in [5.41, 5.74) is 2.55. The van der Waals surface area contributed by atoms with E-state index < -0.39 is 15.8 Å². The summed E-state index contributed by atoms with van der Waals surface area (Å²) in [7, 11) is -3.64. The van der Waals surface area contributed by atoms with Crippen LogP contribution in [0.2, 0.25) is 0 Å². The molecule has 0 saturated heterocycles. The largest absolute Gasteiger partial charge is 0.283 e. The predicted molar refractivity (Wildman–Crippen MR) is 78.6 cm³/mol. The van der Waals surface area contributed by atoms with Crippen molar-refractivity contribution in [3.63, 3.8) is 0 Å². The summed E-state index contributed by atoms with van der Waals surface area (Å²) >= 11 is 0. The first kappa shape index (κ1) is 14.5. The molecule has 0 spiro atoms. The maximum absolute atomic E-state index is 13.5. The molecule has 2 aromatic carbocycles. The molecule has 0 unspecified atom stereocenters. The molecule has 0 amide bonds. The van der Waals surface area contributed by atoms with Crippen LogP contribution in [0.4, 0.5) is 10.1 Å². The summed E-state index contributed by atoms with van der Waals surface area (Å²) in [5.74, 6) is -0.897. The number of benzene rings is 2. The summed E-state index contributed by atoms with van der Waals surface area (Å²) in [6, 6.07) is 11.3. The van der Waals surface area contributed by atoms with Gasteiger partial charge in [-0.25, -0.2) is 12.8 Å². The van der Waals surface area contributed by atoms with E-state index >= 15 is 0 Å². The first-order chi connectivity index (χ1) is 9.39. The summed E-state index contributed by atoms with van der Waals surface area (Å²) < 4.78 is 40.2. The molecular formula is C15H16FNO2S. The number of hydrogen-bond donors (Lipinski definition) is 1. The molecule has 0 radical (unpaired) electrons. The number of nitrogens with one attached hydrogen (secondary N) is 1. The zero-order valence-electron chi connectivity index (χ0n) is 11.4. The molecule has 0 aromatic heterocycles. The third-order valence-corrected chi connectivity index (χ3v) is 4.40. The van der Waals surface area contributed by atoms with Crippen molar-refractivity contribution in [2.75, 3.05) is 4.72 Å². The van der Waals surface area contributed by atoms with E-state index in [2.05, 4.69) is 4.72 Å². The summed E-state index contributed by atoms with van der Waals surface area (Å²) in [5, 5.41) is 0. The minimum absolute atomic E-state index is 0.158. The second kappa shape index (κ2) is 5.63. The molecule has 0 aliphatic heterocycles. The first-order valence-electron chi connectivity index (χ1n) is 6.19. The van der Waals surface area contributed by atoms with Crippen molar-refractivity contribution in [3.8, 4) is 0 Å². The van der Waals surface area contributed by atoms with E-state index in [4.69, 9.17) is 0 Å². The number of sulfonamides is 1. The van der Waals surface area contributed by atoms with E-state index in [0.717, 1.165) is 11.1 Å². The highest BCUT2D eigenvalue weighted by molar-refractivity contribution is 7.91. The molecule has 0 aliphatic rings. The van der Waals surface area contributed by atoms with Gasteiger partial charge in [0, 0.05) is 5.56 Å². The van der Waals surface area contributed by atoms with E-state index in [-0.39, 0.29) is 11.3 Å². The molecule has 106 valence electrons. The number of hydrogen-bond acceptors (Lipinski definition) is 2. The fourth-order valence-electron chi connectivity index (χ4n) is 1.89. The lowest BCUT2D eigenvalue weighted by Crippen LogP contribution is -2.16. The van der Waals surface area contributed by atoms with Gasteiger partial charge in [-0.05, 0) is 37.1 Å². The molecule has 0 saturated carbocycles. The molecule has 0 atom stereocenters. The minimum atomic E-state index is -3.64. The average molecular weight is 293 g/mol. The lowest BCUT2D eigenvalue weighted by molar-refractivity contribution is 0.591. The van der Waals surface area contributed by atoms with Gasteiger partial charge in [-0.1, -0.05) is 30.3 Å². The standard InChI is InChI=1S/C15H16FNO2S/c1-11-6-5-9-15(12(11)2)17-20(18,19)10-13-7-3-4-8-14(13)16/h3-9,17H,10H2,1-2H3. The molecule has 1 N–H and O–H groups in total. The third-order valence-electron chi connectivity index (χ3n) is 3.17. The Labute approximate surface area is 118 Å². The Bertz CT molecular complexity index is 726. The Morgan fingerprint density at radius 2 is 1.75 bits per heavy atom. The second-order valence-corrected chi connectivity index (χ2v) is 6.42. The molecule has 0 bridgehead atoms. The van der Waals surface area contributed by atoms with Crippen molar-refractivity contribution in [1.82, 2.24) is 0 Å². The Morgan fingerprint density at radius 1 is 1.05 bits per heavy atom. The van der Waals surface area contributed by atoms with Crippen LogP contribution < -0.4 is 4.72 Å². The molecule has 5 heteroatoms. The third kappa shape index (κ3) is 3.36. The number of rotatable bonds is 4. The van der Waals surface area contributed by atoms with E-state index in [9.17, 15) is 12.8 Å². The van der Waals surface area contributed by atoms with Gasteiger partial charge in [0.2, 0.25) is 10.0 Å². The van der Waals surface area contributed by atoms with E-state index in [0.29, 0.717) is 5.69 Å². The lowest BCUT2D eigenvalue weighted by Gasteiger charge is -2.12. The van der Waals surface area contributed by atoms with Gasteiger partial charge in [0.25, 0.3) is 0 Å². The van der Waals surface area contributed by atoms with Crippen molar-refractivity contribution in [1.29, 1.82) is 0 Å². The van der Waals surface area contributed by atoms with E-state index in [1.807, 2.05) is 19.9 Å². The highest BCUT2D eigenvalue weighted by Gasteiger charge is 2.15. The van der Waals surface area contributed by atoms with Crippen molar-refractivity contribution >= 4 is 15.7 Å². The van der Waals surface area contributed by atoms with Crippen molar-refractivity contribution < 1.29 is 12.8 Å². The molecular weight excluding hydrogens is 277 g/mol. The quantitative estimate of drug-likeness (QED) is 0.939. The van der Waals surface area contributed by atoms with Crippen molar-refractivity contribution in [2.45, 2.75) is 19.6 Å². The SMILES string of the molecule is Cc1cccc(NS(=O)(=O)Cc2ccccc2F)c1C. The summed E-state index contributed by atoms with van der Waals surface area (Å²) in [6.07, 6.45) is 0. The molecule has 2 rings (SSSR count). The van der Waals surface area contributed by atoms with Crippen LogP contribution in [0.25, 0.3) is 0 Å². The van der Waals surface area contributed by atoms with Gasteiger partial charge in [0.15, 0.2) is 0 Å². The smallest absolute Gasteiger partial charge is 0.237 e. The van der Waals surface area contributed by atoms with Crippen LogP contribution in [-0.4, -0.2) is 8.42 Å². The van der Waals surface area contributed by atoms with Crippen LogP contribution >= 0.6 is 0 Å². The van der Waals surface area contributed by atoms with E-state index in [1.165, 1.54) is 18.2 Å². The molecule has 20 heavy (non-hydrogen) atoms. The lowest BCUT2D eigenvalue weighted by atomic mass is 10.1. The van der Waals surface area contributed by atoms with Gasteiger partial charge in [0.05, 0.1) is 11.4 Å². The maximum Gasteiger partial charge on any atom is 0.237 e. The highest BCUT2D eigenvalue weighted by Crippen LogP contribution is 2.20. The van der Waals surface area contributed by atoms with Crippen LogP contribution in [0.1, 0.15) is 16.7 Å². The van der Waals surface area contributed by atoms with Crippen LogP contribution in [0.3, 0.4) is 0 Å². The summed E-state index contributed by atoms with van der Waals surface area (Å²) in [4.78, 5) is 0. The molecule has 0 heterocycles. The van der Waals surface area contributed by atoms with Crippen LogP contribution in [0, 0.1) is 19.7 Å². The highest BCUT2D eigenvalue weighted by atomic mass is 32.2. The zero-order valence-corrected chi connectivity index (χ0v) is 12.2. The first-order valence-corrected chi connectivity index (χ1v) is 7.84. The Morgan fingerprint density at radius 3 is 2.45 bits per heavy atom. The van der Waals surface area contributed by atoms with E-state index in [1.54, 1.807) is 18.2 Å². The second-order valence-electron chi connectivity index (χ2n) is 4.70. The van der Waals surface area contributed by atoms with Gasteiger partial charge in [-0.2, -0.15) is 0 Å². The monoisotopic (exact) mass is 293 g/mol. The topological polar surface area (TPSA) is 46.2 Å². The summed E-state index contributed by atoms with van der Waals surface area (Å²) in [6.45, 7) is 3.75. The van der Waals surface area contributed by atoms with Crippen molar-refractivity contribution in [3.05, 3.63) is 65.0 Å². The number of anilines is 1. The fraction of sp³-hybridized carbons (Fsp3) is 0.200. The molecule has 3 nitrogen and oxygen atoms in total. The zero-order chi connectivity index (χ0) is 14.8. The number of halogens is 1. The normalized spacial score (nSPS) is 11.3. The Balaban J connectivity index is 2.24. The van der Waals surface area contributed by atoms with Gasteiger partial charge >= 0.3 is 0 Å². The maximum atomic E-state index is 13.5. The van der Waals surface area contributed by atoms with Crippen LogP contribution in [0.5, 0.6) is 0 Å². The minimum Gasteiger partial charge on any atom is -0.283 e. The van der Waals surface area contributed by atoms with Gasteiger partial charge in [0.1, 0.15) is 5.82 Å². The number of aryl methyl sites for hydroxylation is 1. The molecule has 2 aromatic rings. The fourth-order valence-corrected chi connectivity index (χ4v) is 3.16. The van der Waals surface area contributed by atoms with Crippen LogP contribution in [-0.2, 0) is 15.8 Å². The Hall–Kier alpha value is -1.88. The predicted octanol–water partition coefficient (Wildman–Crippen LogP) is 3.38. The Kier molecular flexibility index (Phi) is 4.09. The average Bonchev–Trinajstić information content (AvgIpc) is 2.37. The van der Waals surface area contributed by atoms with Crippen LogP contribution in [0.15, 0.2) is 42.5 Å². The molecule has 0 fully saturated rings. The van der Waals surface area contributed by atoms with Gasteiger partial charge < -0.3 is 0 Å². The molecule has 0 aliphatic carbocycles.